The standard InChI is InChI=1S/C19H23ClN4O2/c1-26-17-6-5-14(20)11-13(17)12-23-7-9-24(10-8-23)19(25)18-15-3-2-4-16(15)21-22-18/h5-6,11H,2-4,7-10,12H2,1H3,(H,21,22). The predicted octanol–water partition coefficient (Wildman–Crippen LogP) is 2.52. The van der Waals surface area contributed by atoms with Gasteiger partial charge in [0.1, 0.15) is 5.75 Å². The van der Waals surface area contributed by atoms with Crippen molar-refractivity contribution < 1.29 is 9.53 Å². The van der Waals surface area contributed by atoms with Gasteiger partial charge in [0.25, 0.3) is 5.91 Å². The maximum absolute atomic E-state index is 12.8. The van der Waals surface area contributed by atoms with Crippen LogP contribution in [0.2, 0.25) is 5.02 Å². The minimum absolute atomic E-state index is 0.0596. The summed E-state index contributed by atoms with van der Waals surface area (Å²) in [6, 6.07) is 5.68. The lowest BCUT2D eigenvalue weighted by atomic mass is 10.1. The van der Waals surface area contributed by atoms with Crippen molar-refractivity contribution in [3.05, 3.63) is 45.7 Å². The molecule has 6 nitrogen and oxygen atoms in total. The van der Waals surface area contributed by atoms with E-state index in [-0.39, 0.29) is 5.91 Å². The number of rotatable bonds is 4. The van der Waals surface area contributed by atoms with Crippen LogP contribution in [0.1, 0.15) is 33.7 Å². The Balaban J connectivity index is 1.38. The maximum atomic E-state index is 12.8. The van der Waals surface area contributed by atoms with Gasteiger partial charge >= 0.3 is 0 Å². The first-order valence-electron chi connectivity index (χ1n) is 9.06. The van der Waals surface area contributed by atoms with E-state index < -0.39 is 0 Å². The first-order valence-corrected chi connectivity index (χ1v) is 9.43. The molecule has 2 aliphatic rings. The van der Waals surface area contributed by atoms with E-state index >= 15 is 0 Å². The number of amides is 1. The van der Waals surface area contributed by atoms with Gasteiger partial charge in [-0.15, -0.1) is 0 Å². The Morgan fingerprint density at radius 3 is 2.85 bits per heavy atom. The summed E-state index contributed by atoms with van der Waals surface area (Å²) >= 11 is 6.12. The number of carbonyl (C=O) groups is 1. The van der Waals surface area contributed by atoms with Gasteiger partial charge in [-0.1, -0.05) is 11.6 Å². The number of carbonyl (C=O) groups excluding carboxylic acids is 1. The Bertz CT molecular complexity index is 812. The van der Waals surface area contributed by atoms with Crippen molar-refractivity contribution in [2.24, 2.45) is 0 Å². The first-order chi connectivity index (χ1) is 12.7. The average molecular weight is 375 g/mol. The molecule has 1 fully saturated rings. The molecule has 1 aromatic carbocycles. The van der Waals surface area contributed by atoms with Gasteiger partial charge < -0.3 is 9.64 Å². The van der Waals surface area contributed by atoms with Gasteiger partial charge in [0.05, 0.1) is 7.11 Å². The molecule has 2 heterocycles. The van der Waals surface area contributed by atoms with Crippen molar-refractivity contribution in [2.45, 2.75) is 25.8 Å². The van der Waals surface area contributed by atoms with E-state index in [4.69, 9.17) is 16.3 Å². The Labute approximate surface area is 158 Å². The van der Waals surface area contributed by atoms with E-state index in [0.717, 1.165) is 61.5 Å². The number of benzene rings is 1. The van der Waals surface area contributed by atoms with Crippen molar-refractivity contribution in [1.82, 2.24) is 20.0 Å². The number of H-pyrrole nitrogens is 1. The maximum Gasteiger partial charge on any atom is 0.274 e. The molecule has 1 aliphatic carbocycles. The molecule has 1 saturated heterocycles. The second-order valence-electron chi connectivity index (χ2n) is 6.91. The zero-order chi connectivity index (χ0) is 18.1. The quantitative estimate of drug-likeness (QED) is 0.893. The zero-order valence-electron chi connectivity index (χ0n) is 14.9. The summed E-state index contributed by atoms with van der Waals surface area (Å²) in [5.41, 5.74) is 3.97. The zero-order valence-corrected chi connectivity index (χ0v) is 15.7. The van der Waals surface area contributed by atoms with Crippen molar-refractivity contribution in [2.75, 3.05) is 33.3 Å². The molecular weight excluding hydrogens is 352 g/mol. The van der Waals surface area contributed by atoms with Crippen molar-refractivity contribution in [3.8, 4) is 5.75 Å². The van der Waals surface area contributed by atoms with Crippen molar-refractivity contribution in [3.63, 3.8) is 0 Å². The third-order valence-electron chi connectivity index (χ3n) is 5.30. The highest BCUT2D eigenvalue weighted by Gasteiger charge is 2.28. The average Bonchev–Trinajstić information content (AvgIpc) is 3.26. The second kappa shape index (κ2) is 7.29. The molecule has 0 unspecified atom stereocenters. The highest BCUT2D eigenvalue weighted by molar-refractivity contribution is 6.30. The van der Waals surface area contributed by atoms with Gasteiger partial charge in [-0.2, -0.15) is 5.10 Å². The van der Waals surface area contributed by atoms with Crippen LogP contribution in [-0.4, -0.2) is 59.2 Å². The number of hydrogen-bond donors (Lipinski definition) is 1. The van der Waals surface area contributed by atoms with E-state index in [2.05, 4.69) is 15.1 Å². The normalized spacial score (nSPS) is 17.4. The van der Waals surface area contributed by atoms with E-state index in [9.17, 15) is 4.79 Å². The van der Waals surface area contributed by atoms with Gasteiger partial charge in [-0.3, -0.25) is 14.8 Å². The van der Waals surface area contributed by atoms with Gasteiger partial charge in [-0.05, 0) is 37.5 Å². The van der Waals surface area contributed by atoms with E-state index in [1.807, 2.05) is 23.1 Å². The van der Waals surface area contributed by atoms with Crippen LogP contribution in [-0.2, 0) is 19.4 Å². The second-order valence-corrected chi connectivity index (χ2v) is 7.34. The fourth-order valence-corrected chi connectivity index (χ4v) is 4.06. The first kappa shape index (κ1) is 17.4. The Morgan fingerprint density at radius 1 is 1.27 bits per heavy atom. The molecule has 1 amide bonds. The lowest BCUT2D eigenvalue weighted by Gasteiger charge is -2.34. The van der Waals surface area contributed by atoms with Crippen LogP contribution in [0.25, 0.3) is 0 Å². The number of fused-ring (bicyclic) bond motifs is 1. The van der Waals surface area contributed by atoms with Crippen LogP contribution in [0.4, 0.5) is 0 Å². The summed E-state index contributed by atoms with van der Waals surface area (Å²) < 4.78 is 5.43. The van der Waals surface area contributed by atoms with Crippen LogP contribution in [0, 0.1) is 0 Å². The van der Waals surface area contributed by atoms with Crippen molar-refractivity contribution in [1.29, 1.82) is 0 Å². The number of piperazine rings is 1. The lowest BCUT2D eigenvalue weighted by molar-refractivity contribution is 0.0620. The number of methoxy groups -OCH3 is 1. The van der Waals surface area contributed by atoms with Crippen LogP contribution >= 0.6 is 11.6 Å². The smallest absolute Gasteiger partial charge is 0.274 e. The molecule has 138 valence electrons. The SMILES string of the molecule is COc1ccc(Cl)cc1CN1CCN(C(=O)c2n[nH]c3c2CCC3)CC1. The number of nitrogens with one attached hydrogen (secondary N) is 1. The lowest BCUT2D eigenvalue weighted by Crippen LogP contribution is -2.48. The van der Waals surface area contributed by atoms with E-state index in [1.54, 1.807) is 7.11 Å². The molecule has 0 saturated carbocycles. The molecule has 0 radical (unpaired) electrons. The van der Waals surface area contributed by atoms with Crippen LogP contribution in [0.5, 0.6) is 5.75 Å². The Hall–Kier alpha value is -2.05. The number of halogens is 1. The fourth-order valence-electron chi connectivity index (χ4n) is 3.87. The number of nitrogens with zero attached hydrogens (tertiary/aromatic N) is 3. The topological polar surface area (TPSA) is 61.5 Å². The molecule has 4 rings (SSSR count). The number of aryl methyl sites for hydroxylation is 1. The van der Waals surface area contributed by atoms with Crippen LogP contribution in [0.15, 0.2) is 18.2 Å². The van der Waals surface area contributed by atoms with Gasteiger partial charge in [-0.25, -0.2) is 0 Å². The summed E-state index contributed by atoms with van der Waals surface area (Å²) in [5, 5.41) is 8.01. The van der Waals surface area contributed by atoms with E-state index in [0.29, 0.717) is 23.8 Å². The van der Waals surface area contributed by atoms with Gasteiger partial charge in [0.2, 0.25) is 0 Å². The number of aromatic nitrogens is 2. The highest BCUT2D eigenvalue weighted by Crippen LogP contribution is 2.26. The monoisotopic (exact) mass is 374 g/mol. The molecule has 26 heavy (non-hydrogen) atoms. The molecule has 7 heteroatoms. The number of aromatic amines is 1. The molecular formula is C19H23ClN4O2. The predicted molar refractivity (Wildman–Crippen MR) is 99.8 cm³/mol. The van der Waals surface area contributed by atoms with Gasteiger partial charge in [0.15, 0.2) is 5.69 Å². The fraction of sp³-hybridized carbons (Fsp3) is 0.474. The summed E-state index contributed by atoms with van der Waals surface area (Å²) in [7, 11) is 1.67. The third-order valence-corrected chi connectivity index (χ3v) is 5.54. The summed E-state index contributed by atoms with van der Waals surface area (Å²) in [5.74, 6) is 0.907. The minimum atomic E-state index is 0.0596. The van der Waals surface area contributed by atoms with Gasteiger partial charge in [0, 0.05) is 54.6 Å². The largest absolute Gasteiger partial charge is 0.496 e. The molecule has 2 aromatic rings. The summed E-state index contributed by atoms with van der Waals surface area (Å²) in [6.45, 7) is 3.85. The Kier molecular flexibility index (Phi) is 4.87. The summed E-state index contributed by atoms with van der Waals surface area (Å²) in [4.78, 5) is 17.1. The molecule has 1 aromatic heterocycles. The highest BCUT2D eigenvalue weighted by atomic mass is 35.5. The number of ether oxygens (including phenoxy) is 1. The van der Waals surface area contributed by atoms with Crippen LogP contribution < -0.4 is 4.74 Å². The molecule has 1 N–H and O–H groups in total. The number of hydrogen-bond acceptors (Lipinski definition) is 4. The van der Waals surface area contributed by atoms with Crippen LogP contribution in [0.3, 0.4) is 0 Å². The third kappa shape index (κ3) is 3.31. The molecule has 0 atom stereocenters. The molecule has 0 bridgehead atoms. The Morgan fingerprint density at radius 2 is 2.08 bits per heavy atom. The summed E-state index contributed by atoms with van der Waals surface area (Å²) in [6.07, 6.45) is 3.07. The molecule has 0 spiro atoms. The van der Waals surface area contributed by atoms with Crippen molar-refractivity contribution >= 4 is 17.5 Å². The van der Waals surface area contributed by atoms with E-state index in [1.165, 1.54) is 0 Å². The minimum Gasteiger partial charge on any atom is -0.496 e. The molecule has 1 aliphatic heterocycles.